The van der Waals surface area contributed by atoms with Crippen molar-refractivity contribution in [2.24, 2.45) is 5.10 Å². The van der Waals surface area contributed by atoms with Gasteiger partial charge in [-0.05, 0) is 66.1 Å². The van der Waals surface area contributed by atoms with E-state index in [1.807, 2.05) is 12.1 Å². The van der Waals surface area contributed by atoms with E-state index in [-0.39, 0.29) is 11.3 Å². The van der Waals surface area contributed by atoms with Gasteiger partial charge in [-0.3, -0.25) is 4.40 Å². The molecule has 11 nitrogen and oxygen atoms in total. The van der Waals surface area contributed by atoms with Crippen LogP contribution in [0.2, 0.25) is 0 Å². The SMILES string of the molecule is CS(=O)(=O)c1ccc(Nc2cccn3c(C#Cc4cccc(NC(=O)N5N=C(OC(=O)C(F)(F)F)CC5c5ccccc5)c4)cnc23)cc1. The van der Waals surface area contributed by atoms with E-state index < -0.39 is 40.0 Å². The van der Waals surface area contributed by atoms with Gasteiger partial charge in [0, 0.05) is 29.4 Å². The fourth-order valence-electron chi connectivity index (χ4n) is 4.96. The summed E-state index contributed by atoms with van der Waals surface area (Å²) in [4.78, 5) is 29.4. The normalized spacial score (nSPS) is 14.5. The van der Waals surface area contributed by atoms with E-state index in [4.69, 9.17) is 0 Å². The largest absolute Gasteiger partial charge is 0.491 e. The quantitative estimate of drug-likeness (QED) is 0.164. The number of carbonyl (C=O) groups excluding carboxylic acids is 2. The third-order valence-corrected chi connectivity index (χ3v) is 8.39. The maximum atomic E-state index is 13.3. The number of urea groups is 1. The van der Waals surface area contributed by atoms with Crippen LogP contribution >= 0.6 is 0 Å². The molecule has 1 unspecified atom stereocenters. The van der Waals surface area contributed by atoms with Crippen LogP contribution in [0, 0.1) is 11.8 Å². The highest BCUT2D eigenvalue weighted by atomic mass is 32.2. The third-order valence-electron chi connectivity index (χ3n) is 7.26. The highest BCUT2D eigenvalue weighted by Crippen LogP contribution is 2.32. The van der Waals surface area contributed by atoms with Crippen molar-refractivity contribution in [1.29, 1.82) is 0 Å². The predicted molar refractivity (Wildman–Crippen MR) is 175 cm³/mol. The molecule has 6 rings (SSSR count). The van der Waals surface area contributed by atoms with E-state index in [1.54, 1.807) is 83.5 Å². The Morgan fingerprint density at radius 3 is 2.41 bits per heavy atom. The lowest BCUT2D eigenvalue weighted by atomic mass is 10.0. The summed E-state index contributed by atoms with van der Waals surface area (Å²) in [5.41, 5.74) is 3.95. The topological polar surface area (TPSA) is 134 Å². The Bertz CT molecular complexity index is 2260. The Morgan fingerprint density at radius 1 is 0.939 bits per heavy atom. The van der Waals surface area contributed by atoms with Crippen LogP contribution in [0.15, 0.2) is 113 Å². The second kappa shape index (κ2) is 13.2. The number of pyridine rings is 1. The van der Waals surface area contributed by atoms with Crippen molar-refractivity contribution in [3.8, 4) is 11.8 Å². The van der Waals surface area contributed by atoms with Gasteiger partial charge in [0.1, 0.15) is 5.69 Å². The zero-order chi connectivity index (χ0) is 34.8. The number of sulfone groups is 1. The first kappa shape index (κ1) is 32.8. The van der Waals surface area contributed by atoms with Crippen LogP contribution in [0.25, 0.3) is 5.65 Å². The van der Waals surface area contributed by atoms with Gasteiger partial charge in [-0.25, -0.2) is 28.0 Å². The van der Waals surface area contributed by atoms with Crippen LogP contribution in [0.3, 0.4) is 0 Å². The number of carbonyl (C=O) groups is 2. The van der Waals surface area contributed by atoms with Crippen molar-refractivity contribution in [2.75, 3.05) is 16.9 Å². The number of nitrogens with zero attached hydrogens (tertiary/aromatic N) is 4. The molecule has 2 amide bonds. The molecule has 0 radical (unpaired) electrons. The molecule has 0 saturated heterocycles. The first-order valence-corrected chi connectivity index (χ1v) is 16.4. The van der Waals surface area contributed by atoms with Gasteiger partial charge in [-0.1, -0.05) is 42.3 Å². The van der Waals surface area contributed by atoms with Crippen LogP contribution in [0.4, 0.5) is 35.0 Å². The highest BCUT2D eigenvalue weighted by molar-refractivity contribution is 7.90. The summed E-state index contributed by atoms with van der Waals surface area (Å²) >= 11 is 0. The zero-order valence-electron chi connectivity index (χ0n) is 25.5. The van der Waals surface area contributed by atoms with Gasteiger partial charge < -0.3 is 15.4 Å². The molecule has 1 atom stereocenters. The molecule has 2 aromatic heterocycles. The number of benzene rings is 3. The molecule has 1 aliphatic heterocycles. The molecule has 1 aliphatic rings. The molecule has 0 spiro atoms. The number of esters is 1. The maximum Gasteiger partial charge on any atom is 0.491 e. The van der Waals surface area contributed by atoms with E-state index in [9.17, 15) is 31.2 Å². The van der Waals surface area contributed by atoms with E-state index >= 15 is 0 Å². The fraction of sp³-hybridized carbons (Fsp3) is 0.118. The summed E-state index contributed by atoms with van der Waals surface area (Å²) in [5, 5.41) is 10.8. The number of alkyl halides is 3. The molecule has 3 heterocycles. The number of rotatable bonds is 5. The van der Waals surface area contributed by atoms with Crippen molar-refractivity contribution in [2.45, 2.75) is 23.5 Å². The molecule has 2 N–H and O–H groups in total. The number of aromatic nitrogens is 2. The number of imidazole rings is 1. The van der Waals surface area contributed by atoms with Gasteiger partial charge in [0.2, 0.25) is 5.90 Å². The first-order chi connectivity index (χ1) is 23.3. The average Bonchev–Trinajstić information content (AvgIpc) is 3.69. The standard InChI is InChI=1S/C34H25F3N6O5S/c1-49(46,47)27-16-13-24(14-17-27)39-28-11-6-18-42-26(21-38-31(28)42)15-12-22-7-5-10-25(19-22)40-33(45)43-29(23-8-3-2-4-9-23)20-30(41-43)48-32(44)34(35,36)37/h2-11,13-14,16-19,21,29,39H,20H2,1H3,(H,40,45). The Balaban J connectivity index is 1.19. The number of fused-ring (bicyclic) bond motifs is 1. The number of nitrogens with one attached hydrogen (secondary N) is 2. The molecule has 0 saturated carbocycles. The average molecular weight is 687 g/mol. The number of hydrazone groups is 1. The molecule has 15 heteroatoms. The molecule has 0 bridgehead atoms. The second-order valence-electron chi connectivity index (χ2n) is 10.8. The van der Waals surface area contributed by atoms with Crippen LogP contribution in [-0.2, 0) is 19.4 Å². The summed E-state index contributed by atoms with van der Waals surface area (Å²) in [6.45, 7) is 0. The van der Waals surface area contributed by atoms with Crippen LogP contribution < -0.4 is 10.6 Å². The lowest BCUT2D eigenvalue weighted by Crippen LogP contribution is -2.31. The van der Waals surface area contributed by atoms with Gasteiger partial charge in [-0.2, -0.15) is 13.2 Å². The van der Waals surface area contributed by atoms with Gasteiger partial charge in [0.15, 0.2) is 15.5 Å². The molecule has 0 aliphatic carbocycles. The summed E-state index contributed by atoms with van der Waals surface area (Å²) in [7, 11) is -3.32. The number of hydrogen-bond donors (Lipinski definition) is 2. The minimum atomic E-state index is -5.22. The van der Waals surface area contributed by atoms with Crippen molar-refractivity contribution < 1.29 is 35.9 Å². The molecule has 248 valence electrons. The van der Waals surface area contributed by atoms with Crippen molar-refractivity contribution in [3.05, 3.63) is 120 Å². The minimum Gasteiger partial charge on any atom is -0.403 e. The molecular formula is C34H25F3N6O5S. The van der Waals surface area contributed by atoms with Gasteiger partial charge >= 0.3 is 18.2 Å². The number of halogens is 3. The smallest absolute Gasteiger partial charge is 0.403 e. The van der Waals surface area contributed by atoms with Gasteiger partial charge in [0.05, 0.1) is 29.2 Å². The van der Waals surface area contributed by atoms with Crippen LogP contribution in [0.5, 0.6) is 0 Å². The molecule has 5 aromatic rings. The maximum absolute atomic E-state index is 13.3. The van der Waals surface area contributed by atoms with E-state index in [0.29, 0.717) is 39.5 Å². The summed E-state index contributed by atoms with van der Waals surface area (Å²) < 4.78 is 68.2. The monoisotopic (exact) mass is 686 g/mol. The van der Waals surface area contributed by atoms with Crippen molar-refractivity contribution in [1.82, 2.24) is 14.4 Å². The second-order valence-corrected chi connectivity index (χ2v) is 12.8. The first-order valence-electron chi connectivity index (χ1n) is 14.5. The summed E-state index contributed by atoms with van der Waals surface area (Å²) in [6.07, 6.45) is -0.924. The lowest BCUT2D eigenvalue weighted by Gasteiger charge is -2.22. The molecular weight excluding hydrogens is 661 g/mol. The lowest BCUT2D eigenvalue weighted by molar-refractivity contribution is -0.191. The fourth-order valence-corrected chi connectivity index (χ4v) is 5.59. The molecule has 49 heavy (non-hydrogen) atoms. The van der Waals surface area contributed by atoms with Gasteiger partial charge in [0.25, 0.3) is 0 Å². The van der Waals surface area contributed by atoms with Crippen molar-refractivity contribution in [3.63, 3.8) is 0 Å². The van der Waals surface area contributed by atoms with E-state index in [1.165, 1.54) is 12.1 Å². The molecule has 3 aromatic carbocycles. The Morgan fingerprint density at radius 2 is 1.69 bits per heavy atom. The highest BCUT2D eigenvalue weighted by Gasteiger charge is 2.44. The van der Waals surface area contributed by atoms with E-state index in [0.717, 1.165) is 11.3 Å². The van der Waals surface area contributed by atoms with Crippen LogP contribution in [0.1, 0.15) is 29.3 Å². The van der Waals surface area contributed by atoms with E-state index in [2.05, 4.69) is 37.3 Å². The van der Waals surface area contributed by atoms with Crippen LogP contribution in [-0.4, -0.2) is 53.1 Å². The Hall–Kier alpha value is -6.14. The number of amides is 2. The third kappa shape index (κ3) is 7.55. The zero-order valence-corrected chi connectivity index (χ0v) is 26.3. The summed E-state index contributed by atoms with van der Waals surface area (Å²) in [5.74, 6) is 3.15. The number of anilines is 3. The Kier molecular flexibility index (Phi) is 8.81. The minimum absolute atomic E-state index is 0.209. The predicted octanol–water partition coefficient (Wildman–Crippen LogP) is 6.28. The summed E-state index contributed by atoms with van der Waals surface area (Å²) in [6, 6.07) is 23.6. The van der Waals surface area contributed by atoms with Crippen molar-refractivity contribution >= 4 is 50.4 Å². The number of hydrogen-bond acceptors (Lipinski definition) is 8. The Labute approximate surface area is 278 Å². The molecule has 0 fully saturated rings. The van der Waals surface area contributed by atoms with Gasteiger partial charge in [-0.15, -0.1) is 5.10 Å². The number of ether oxygens (including phenoxy) is 1.